The molecule has 4 rings (SSSR count). The molecule has 174 valence electrons. The number of carbonyl (C=O) groups excluding carboxylic acids is 3. The number of nitrogens with one attached hydrogen (secondary N) is 1. The Morgan fingerprint density at radius 1 is 1.03 bits per heavy atom. The molecule has 0 spiro atoms. The maximum Gasteiger partial charge on any atom is 0.254 e. The molecule has 3 aliphatic heterocycles. The zero-order valence-corrected chi connectivity index (χ0v) is 18.9. The van der Waals surface area contributed by atoms with Crippen molar-refractivity contribution in [2.45, 2.75) is 51.2 Å². The molecule has 1 aromatic carbocycles. The summed E-state index contributed by atoms with van der Waals surface area (Å²) in [5, 5.41) is 2.86. The fraction of sp³-hybridized carbons (Fsp3) is 0.625. The second-order valence-corrected chi connectivity index (χ2v) is 9.07. The number of nitrogens with zero attached hydrogens (tertiary/aromatic N) is 3. The average Bonchev–Trinajstić information content (AvgIpc) is 3.35. The summed E-state index contributed by atoms with van der Waals surface area (Å²) >= 11 is 0. The van der Waals surface area contributed by atoms with Gasteiger partial charge in [0, 0.05) is 56.6 Å². The van der Waals surface area contributed by atoms with E-state index in [4.69, 9.17) is 4.74 Å². The molecule has 3 heterocycles. The molecule has 8 nitrogen and oxygen atoms in total. The minimum atomic E-state index is -0.405. The summed E-state index contributed by atoms with van der Waals surface area (Å²) in [5.41, 5.74) is 1.16. The third kappa shape index (κ3) is 5.48. The number of rotatable bonds is 5. The summed E-state index contributed by atoms with van der Waals surface area (Å²) in [7, 11) is 0. The molecule has 1 aromatic rings. The number of hydrogen-bond donors (Lipinski definition) is 1. The molecule has 0 aliphatic carbocycles. The first-order valence-corrected chi connectivity index (χ1v) is 11.8. The Labute approximate surface area is 189 Å². The molecule has 0 unspecified atom stereocenters. The highest BCUT2D eigenvalue weighted by Gasteiger charge is 2.28. The third-order valence-electron chi connectivity index (χ3n) is 6.74. The molecule has 0 bridgehead atoms. The van der Waals surface area contributed by atoms with Crippen LogP contribution in [0, 0.1) is 0 Å². The van der Waals surface area contributed by atoms with Gasteiger partial charge in [-0.3, -0.25) is 19.3 Å². The first-order valence-electron chi connectivity index (χ1n) is 11.8. The first kappa shape index (κ1) is 22.7. The molecule has 0 aromatic heterocycles. The van der Waals surface area contributed by atoms with Gasteiger partial charge in [-0.25, -0.2) is 0 Å². The standard InChI is InChI=1S/C24H34N4O4/c1-18-6-2-3-10-28(18)22(29)17-26-11-13-27(14-12-26)24(31)19-7-4-8-20(16-19)25-23(30)21-9-5-15-32-21/h4,7-8,16,18,21H,2-3,5-6,9-15,17H2,1H3,(H,25,30)/t18-,21-/m1/s1. The van der Waals surface area contributed by atoms with E-state index in [2.05, 4.69) is 17.1 Å². The summed E-state index contributed by atoms with van der Waals surface area (Å²) < 4.78 is 5.42. The summed E-state index contributed by atoms with van der Waals surface area (Å²) in [6, 6.07) is 7.40. The van der Waals surface area contributed by atoms with Crippen molar-refractivity contribution in [3.8, 4) is 0 Å². The largest absolute Gasteiger partial charge is 0.368 e. The molecule has 32 heavy (non-hydrogen) atoms. The van der Waals surface area contributed by atoms with Crippen LogP contribution in [0.15, 0.2) is 24.3 Å². The van der Waals surface area contributed by atoms with Gasteiger partial charge in [-0.2, -0.15) is 0 Å². The van der Waals surface area contributed by atoms with Crippen LogP contribution >= 0.6 is 0 Å². The Bertz CT molecular complexity index is 831. The third-order valence-corrected chi connectivity index (χ3v) is 6.74. The van der Waals surface area contributed by atoms with E-state index in [0.29, 0.717) is 56.6 Å². The number of carbonyl (C=O) groups is 3. The summed E-state index contributed by atoms with van der Waals surface area (Å²) in [6.45, 7) is 6.60. The quantitative estimate of drug-likeness (QED) is 0.754. The van der Waals surface area contributed by atoms with Crippen LogP contribution in [0.5, 0.6) is 0 Å². The molecule has 0 saturated carbocycles. The van der Waals surface area contributed by atoms with Gasteiger partial charge in [0.05, 0.1) is 6.54 Å². The predicted octanol–water partition coefficient (Wildman–Crippen LogP) is 1.96. The van der Waals surface area contributed by atoms with Gasteiger partial charge >= 0.3 is 0 Å². The highest BCUT2D eigenvalue weighted by atomic mass is 16.5. The number of hydrogen-bond acceptors (Lipinski definition) is 5. The van der Waals surface area contributed by atoms with Crippen molar-refractivity contribution < 1.29 is 19.1 Å². The molecule has 0 radical (unpaired) electrons. The van der Waals surface area contributed by atoms with Gasteiger partial charge in [-0.15, -0.1) is 0 Å². The van der Waals surface area contributed by atoms with Crippen LogP contribution in [0.25, 0.3) is 0 Å². The van der Waals surface area contributed by atoms with Crippen LogP contribution in [0.1, 0.15) is 49.4 Å². The molecular weight excluding hydrogens is 408 g/mol. The van der Waals surface area contributed by atoms with Gasteiger partial charge in [-0.05, 0) is 57.2 Å². The number of piperidine rings is 1. The lowest BCUT2D eigenvalue weighted by molar-refractivity contribution is -0.136. The number of piperazine rings is 1. The van der Waals surface area contributed by atoms with Crippen molar-refractivity contribution >= 4 is 23.4 Å². The normalized spacial score (nSPS) is 24.4. The van der Waals surface area contributed by atoms with Crippen LogP contribution in [0.2, 0.25) is 0 Å². The zero-order chi connectivity index (χ0) is 22.5. The minimum Gasteiger partial charge on any atom is -0.368 e. The molecule has 8 heteroatoms. The summed E-state index contributed by atoms with van der Waals surface area (Å²) in [6.07, 6.45) is 4.59. The van der Waals surface area contributed by atoms with Crippen LogP contribution in [-0.4, -0.2) is 90.4 Å². The van der Waals surface area contributed by atoms with E-state index in [1.54, 1.807) is 24.3 Å². The molecule has 1 N–H and O–H groups in total. The van der Waals surface area contributed by atoms with Crippen molar-refractivity contribution in [1.82, 2.24) is 14.7 Å². The number of likely N-dealkylation sites (tertiary alicyclic amines) is 1. The van der Waals surface area contributed by atoms with Gasteiger partial charge in [-0.1, -0.05) is 6.07 Å². The van der Waals surface area contributed by atoms with E-state index in [0.717, 1.165) is 32.2 Å². The first-order chi connectivity index (χ1) is 15.5. The Morgan fingerprint density at radius 3 is 2.56 bits per heavy atom. The lowest BCUT2D eigenvalue weighted by atomic mass is 10.0. The van der Waals surface area contributed by atoms with E-state index in [-0.39, 0.29) is 17.7 Å². The van der Waals surface area contributed by atoms with Crippen molar-refractivity contribution in [3.05, 3.63) is 29.8 Å². The Hall–Kier alpha value is -2.45. The van der Waals surface area contributed by atoms with E-state index in [9.17, 15) is 14.4 Å². The maximum atomic E-state index is 13.0. The van der Waals surface area contributed by atoms with Gasteiger partial charge in [0.25, 0.3) is 11.8 Å². The minimum absolute atomic E-state index is 0.0474. The topological polar surface area (TPSA) is 82.2 Å². The molecular formula is C24H34N4O4. The smallest absolute Gasteiger partial charge is 0.254 e. The lowest BCUT2D eigenvalue weighted by Gasteiger charge is -2.38. The second kappa shape index (κ2) is 10.4. The van der Waals surface area contributed by atoms with Gasteiger partial charge in [0.15, 0.2) is 0 Å². The number of anilines is 1. The number of amides is 3. The van der Waals surface area contributed by atoms with Crippen LogP contribution in [-0.2, 0) is 14.3 Å². The number of benzene rings is 1. The Kier molecular flexibility index (Phi) is 7.42. The molecule has 3 aliphatic rings. The Morgan fingerprint density at radius 2 is 1.84 bits per heavy atom. The van der Waals surface area contributed by atoms with Crippen LogP contribution in [0.3, 0.4) is 0 Å². The van der Waals surface area contributed by atoms with E-state index in [1.165, 1.54) is 6.42 Å². The SMILES string of the molecule is C[C@@H]1CCCCN1C(=O)CN1CCN(C(=O)c2cccc(NC(=O)[C@H]3CCCO3)c2)CC1. The predicted molar refractivity (Wildman–Crippen MR) is 121 cm³/mol. The van der Waals surface area contributed by atoms with Crippen molar-refractivity contribution in [2.75, 3.05) is 51.2 Å². The van der Waals surface area contributed by atoms with E-state index < -0.39 is 6.10 Å². The fourth-order valence-corrected chi connectivity index (χ4v) is 4.78. The highest BCUT2D eigenvalue weighted by Crippen LogP contribution is 2.19. The van der Waals surface area contributed by atoms with Crippen LogP contribution < -0.4 is 5.32 Å². The van der Waals surface area contributed by atoms with Gasteiger partial charge in [0.2, 0.25) is 5.91 Å². The molecule has 2 atom stereocenters. The summed E-state index contributed by atoms with van der Waals surface area (Å²) in [4.78, 5) is 44.0. The Balaban J connectivity index is 1.27. The monoisotopic (exact) mass is 442 g/mol. The zero-order valence-electron chi connectivity index (χ0n) is 18.9. The fourth-order valence-electron chi connectivity index (χ4n) is 4.78. The van der Waals surface area contributed by atoms with Crippen molar-refractivity contribution in [2.24, 2.45) is 0 Å². The second-order valence-electron chi connectivity index (χ2n) is 9.07. The summed E-state index contributed by atoms with van der Waals surface area (Å²) in [5.74, 6) is -0.00564. The molecule has 3 amide bonds. The molecule has 3 fully saturated rings. The highest BCUT2D eigenvalue weighted by molar-refractivity contribution is 5.98. The van der Waals surface area contributed by atoms with Crippen molar-refractivity contribution in [3.63, 3.8) is 0 Å². The molecule has 3 saturated heterocycles. The van der Waals surface area contributed by atoms with Crippen molar-refractivity contribution in [1.29, 1.82) is 0 Å². The maximum absolute atomic E-state index is 13.0. The number of ether oxygens (including phenoxy) is 1. The average molecular weight is 443 g/mol. The van der Waals surface area contributed by atoms with E-state index >= 15 is 0 Å². The van der Waals surface area contributed by atoms with E-state index in [1.807, 2.05) is 9.80 Å². The van der Waals surface area contributed by atoms with Gasteiger partial charge in [0.1, 0.15) is 6.10 Å². The van der Waals surface area contributed by atoms with Crippen LogP contribution in [0.4, 0.5) is 5.69 Å². The van der Waals surface area contributed by atoms with Gasteiger partial charge < -0.3 is 19.9 Å². The lowest BCUT2D eigenvalue weighted by Crippen LogP contribution is -2.53.